The number of pyridine rings is 1. The predicted molar refractivity (Wildman–Crippen MR) is 137 cm³/mol. The van der Waals surface area contributed by atoms with Crippen LogP contribution in [0.2, 0.25) is 5.02 Å². The second-order valence-electron chi connectivity index (χ2n) is 7.84. The molecule has 0 bridgehead atoms. The van der Waals surface area contributed by atoms with E-state index >= 15 is 0 Å². The predicted octanol–water partition coefficient (Wildman–Crippen LogP) is 7.55. The monoisotopic (exact) mass is 469 g/mol. The minimum absolute atomic E-state index is 0.203. The van der Waals surface area contributed by atoms with Gasteiger partial charge in [0.2, 0.25) is 0 Å². The van der Waals surface area contributed by atoms with Crippen LogP contribution in [0.5, 0.6) is 0 Å². The number of rotatable bonds is 4. The van der Waals surface area contributed by atoms with Crippen molar-refractivity contribution in [3.05, 3.63) is 99.9 Å². The molecule has 1 amide bonds. The molecule has 4 nitrogen and oxygen atoms in total. The van der Waals surface area contributed by atoms with Crippen LogP contribution >= 0.6 is 22.9 Å². The number of carbonyl (C=O) groups is 1. The van der Waals surface area contributed by atoms with E-state index in [1.807, 2.05) is 73.0 Å². The van der Waals surface area contributed by atoms with E-state index in [4.69, 9.17) is 16.6 Å². The topological polar surface area (TPSA) is 54.9 Å². The zero-order valence-electron chi connectivity index (χ0n) is 18.1. The molecule has 3 aromatic carbocycles. The molecule has 5 aromatic rings. The van der Waals surface area contributed by atoms with E-state index in [2.05, 4.69) is 29.4 Å². The molecule has 0 aliphatic carbocycles. The summed E-state index contributed by atoms with van der Waals surface area (Å²) in [5, 5.41) is 6.98. The molecule has 2 aromatic heterocycles. The number of halogens is 1. The number of fused-ring (bicyclic) bond motifs is 1. The normalized spacial score (nSPS) is 11.0. The van der Waals surface area contributed by atoms with Crippen molar-refractivity contribution in [1.82, 2.24) is 9.97 Å². The third-order valence-electron chi connectivity index (χ3n) is 5.55. The Balaban J connectivity index is 1.54. The standard InChI is InChI=1S/C27H20ClN3OS/c1-16-7-9-18(10-8-16)23-15-33-27(30-23)31-26(32)24-17(2)25(19-11-13-20(28)14-12-19)29-22-6-4-3-5-21(22)24/h3-15H,1-2H3,(H,30,31,32). The Labute approximate surface area is 200 Å². The zero-order valence-corrected chi connectivity index (χ0v) is 19.7. The van der Waals surface area contributed by atoms with Crippen molar-refractivity contribution < 1.29 is 4.79 Å². The highest BCUT2D eigenvalue weighted by Crippen LogP contribution is 2.32. The van der Waals surface area contributed by atoms with E-state index in [-0.39, 0.29) is 5.91 Å². The molecule has 5 rings (SSSR count). The highest BCUT2D eigenvalue weighted by molar-refractivity contribution is 7.14. The summed E-state index contributed by atoms with van der Waals surface area (Å²) in [5.41, 5.74) is 6.89. The number of amides is 1. The van der Waals surface area contributed by atoms with Gasteiger partial charge < -0.3 is 0 Å². The van der Waals surface area contributed by atoms with Crippen molar-refractivity contribution in [2.75, 3.05) is 5.32 Å². The highest BCUT2D eigenvalue weighted by Gasteiger charge is 2.20. The number of aryl methyl sites for hydroxylation is 1. The van der Waals surface area contributed by atoms with Crippen molar-refractivity contribution in [1.29, 1.82) is 0 Å². The maximum absolute atomic E-state index is 13.5. The molecular formula is C27H20ClN3OS. The zero-order chi connectivity index (χ0) is 22.9. The Morgan fingerprint density at radius 2 is 1.58 bits per heavy atom. The number of hydrogen-bond acceptors (Lipinski definition) is 4. The van der Waals surface area contributed by atoms with Crippen molar-refractivity contribution >= 4 is 44.9 Å². The number of hydrogen-bond donors (Lipinski definition) is 1. The van der Waals surface area contributed by atoms with E-state index in [9.17, 15) is 4.79 Å². The summed E-state index contributed by atoms with van der Waals surface area (Å²) in [4.78, 5) is 23.0. The lowest BCUT2D eigenvalue weighted by Gasteiger charge is -2.14. The molecule has 0 radical (unpaired) electrons. The van der Waals surface area contributed by atoms with Crippen LogP contribution in [0.1, 0.15) is 21.5 Å². The van der Waals surface area contributed by atoms with E-state index in [1.54, 1.807) is 0 Å². The van der Waals surface area contributed by atoms with Gasteiger partial charge in [0.25, 0.3) is 5.91 Å². The Morgan fingerprint density at radius 1 is 0.879 bits per heavy atom. The molecule has 0 unspecified atom stereocenters. The first-order valence-corrected chi connectivity index (χ1v) is 11.7. The Bertz CT molecular complexity index is 1470. The lowest BCUT2D eigenvalue weighted by Crippen LogP contribution is -2.15. The molecule has 0 saturated heterocycles. The van der Waals surface area contributed by atoms with Crippen molar-refractivity contribution in [2.24, 2.45) is 0 Å². The molecule has 1 N–H and O–H groups in total. The van der Waals surface area contributed by atoms with Gasteiger partial charge in [0.1, 0.15) is 0 Å². The number of benzene rings is 3. The first-order valence-electron chi connectivity index (χ1n) is 10.5. The third kappa shape index (κ3) is 4.25. The van der Waals surface area contributed by atoms with Gasteiger partial charge in [-0.15, -0.1) is 11.3 Å². The van der Waals surface area contributed by atoms with Gasteiger partial charge in [-0.05, 0) is 37.6 Å². The van der Waals surface area contributed by atoms with Gasteiger partial charge in [0.15, 0.2) is 5.13 Å². The Morgan fingerprint density at radius 3 is 2.33 bits per heavy atom. The first-order chi connectivity index (χ1) is 16.0. The molecule has 0 saturated carbocycles. The van der Waals surface area contributed by atoms with Crippen molar-refractivity contribution in [3.8, 4) is 22.5 Å². The van der Waals surface area contributed by atoms with Gasteiger partial charge in [-0.25, -0.2) is 9.97 Å². The van der Waals surface area contributed by atoms with Crippen LogP contribution in [0.3, 0.4) is 0 Å². The van der Waals surface area contributed by atoms with Crippen molar-refractivity contribution in [2.45, 2.75) is 13.8 Å². The summed E-state index contributed by atoms with van der Waals surface area (Å²) in [5.74, 6) is -0.203. The van der Waals surface area contributed by atoms with Crippen LogP contribution in [-0.2, 0) is 0 Å². The van der Waals surface area contributed by atoms with Crippen LogP contribution in [0.15, 0.2) is 78.2 Å². The van der Waals surface area contributed by atoms with E-state index < -0.39 is 0 Å². The van der Waals surface area contributed by atoms with Gasteiger partial charge in [-0.1, -0.05) is 71.8 Å². The quantitative estimate of drug-likeness (QED) is 0.295. The van der Waals surface area contributed by atoms with Gasteiger partial charge in [0, 0.05) is 26.9 Å². The molecule has 6 heteroatoms. The lowest BCUT2D eigenvalue weighted by molar-refractivity contribution is 0.102. The largest absolute Gasteiger partial charge is 0.298 e. The maximum atomic E-state index is 13.5. The fraction of sp³-hybridized carbons (Fsp3) is 0.0741. The number of nitrogens with one attached hydrogen (secondary N) is 1. The van der Waals surface area contributed by atoms with E-state index in [1.165, 1.54) is 16.9 Å². The summed E-state index contributed by atoms with van der Waals surface area (Å²) in [6, 6.07) is 23.4. The summed E-state index contributed by atoms with van der Waals surface area (Å²) in [6.07, 6.45) is 0. The minimum Gasteiger partial charge on any atom is -0.298 e. The average Bonchev–Trinajstić information content (AvgIpc) is 3.28. The fourth-order valence-corrected chi connectivity index (χ4v) is 4.68. The maximum Gasteiger partial charge on any atom is 0.258 e. The molecule has 2 heterocycles. The fourth-order valence-electron chi connectivity index (χ4n) is 3.84. The summed E-state index contributed by atoms with van der Waals surface area (Å²) < 4.78 is 0. The van der Waals surface area contributed by atoms with Crippen LogP contribution in [-0.4, -0.2) is 15.9 Å². The number of anilines is 1. The third-order valence-corrected chi connectivity index (χ3v) is 6.56. The minimum atomic E-state index is -0.203. The number of aromatic nitrogens is 2. The van der Waals surface area contributed by atoms with E-state index in [0.717, 1.165) is 39.0 Å². The number of thiazole rings is 1. The van der Waals surface area contributed by atoms with Crippen LogP contribution < -0.4 is 5.32 Å². The van der Waals surface area contributed by atoms with Gasteiger partial charge >= 0.3 is 0 Å². The number of carbonyl (C=O) groups excluding carboxylic acids is 1. The molecule has 0 aliphatic heterocycles. The Hall–Kier alpha value is -3.54. The smallest absolute Gasteiger partial charge is 0.258 e. The molecular weight excluding hydrogens is 450 g/mol. The Kier molecular flexibility index (Phi) is 5.67. The second-order valence-corrected chi connectivity index (χ2v) is 9.14. The molecule has 0 aliphatic rings. The second kappa shape index (κ2) is 8.77. The van der Waals surface area contributed by atoms with E-state index in [0.29, 0.717) is 15.7 Å². The summed E-state index contributed by atoms with van der Waals surface area (Å²) >= 11 is 7.48. The van der Waals surface area contributed by atoms with Gasteiger partial charge in [-0.2, -0.15) is 0 Å². The first kappa shape index (κ1) is 21.3. The summed E-state index contributed by atoms with van der Waals surface area (Å²) in [6.45, 7) is 3.98. The number of para-hydroxylation sites is 1. The van der Waals surface area contributed by atoms with Crippen LogP contribution in [0.25, 0.3) is 33.4 Å². The molecule has 0 spiro atoms. The van der Waals surface area contributed by atoms with Gasteiger partial charge in [-0.3, -0.25) is 10.1 Å². The molecule has 0 fully saturated rings. The molecule has 0 atom stereocenters. The lowest BCUT2D eigenvalue weighted by atomic mass is 9.97. The van der Waals surface area contributed by atoms with Crippen molar-refractivity contribution in [3.63, 3.8) is 0 Å². The average molecular weight is 470 g/mol. The molecule has 33 heavy (non-hydrogen) atoms. The summed E-state index contributed by atoms with van der Waals surface area (Å²) in [7, 11) is 0. The number of nitrogens with zero attached hydrogens (tertiary/aromatic N) is 2. The van der Waals surface area contributed by atoms with Gasteiger partial charge in [0.05, 0.1) is 22.5 Å². The van der Waals surface area contributed by atoms with Crippen LogP contribution in [0, 0.1) is 13.8 Å². The highest BCUT2D eigenvalue weighted by atomic mass is 35.5. The molecule has 162 valence electrons. The van der Waals surface area contributed by atoms with Crippen LogP contribution in [0.4, 0.5) is 5.13 Å². The SMILES string of the molecule is Cc1ccc(-c2csc(NC(=O)c3c(C)c(-c4ccc(Cl)cc4)nc4ccccc34)n2)cc1.